The summed E-state index contributed by atoms with van der Waals surface area (Å²) in [6, 6.07) is 0. The highest BCUT2D eigenvalue weighted by Gasteiger charge is 2.16. The summed E-state index contributed by atoms with van der Waals surface area (Å²) in [6.45, 7) is 5.40. The van der Waals surface area contributed by atoms with Gasteiger partial charge >= 0.3 is 0 Å². The predicted molar refractivity (Wildman–Crippen MR) is 43.5 cm³/mol. The number of hydrogen-bond acceptors (Lipinski definition) is 2. The molecule has 0 rings (SSSR count). The summed E-state index contributed by atoms with van der Waals surface area (Å²) in [5.74, 6) is 0. The Hall–Kier alpha value is -0.150. The van der Waals surface area contributed by atoms with Crippen molar-refractivity contribution >= 4 is 16.8 Å². The summed E-state index contributed by atoms with van der Waals surface area (Å²) in [4.78, 5) is 12.1. The van der Waals surface area contributed by atoms with E-state index < -0.39 is 11.4 Å². The Morgan fingerprint density at radius 3 is 2.27 bits per heavy atom. The third kappa shape index (κ3) is 4.32. The maximum Gasteiger partial charge on any atom is 0.257 e. The van der Waals surface area contributed by atoms with Gasteiger partial charge in [0.15, 0.2) is 6.17 Å². The van der Waals surface area contributed by atoms with Crippen molar-refractivity contribution in [3.63, 3.8) is 0 Å². The van der Waals surface area contributed by atoms with Crippen molar-refractivity contribution in [2.45, 2.75) is 20.0 Å². The van der Waals surface area contributed by atoms with Crippen molar-refractivity contribution in [3.05, 3.63) is 0 Å². The Bertz CT molecular complexity index is 128. The maximum absolute atomic E-state index is 12.6. The van der Waals surface area contributed by atoms with E-state index in [1.165, 1.54) is 0 Å². The van der Waals surface area contributed by atoms with Crippen LogP contribution in [0, 0.1) is 0 Å². The number of carbonyl (C=O) groups is 1. The largest absolute Gasteiger partial charge is 0.300 e. The van der Waals surface area contributed by atoms with Gasteiger partial charge in [-0.1, -0.05) is 13.8 Å². The standard InChI is InChI=1S/C7H13ClFNO/c1-3-10(4-2)5-6(9)7(8)11/h6H,3-5H2,1-2H3/t6-/m1/s1. The molecule has 0 aromatic heterocycles. The van der Waals surface area contributed by atoms with Crippen molar-refractivity contribution in [1.29, 1.82) is 0 Å². The van der Waals surface area contributed by atoms with Crippen molar-refractivity contribution in [2.24, 2.45) is 0 Å². The number of halogens is 2. The van der Waals surface area contributed by atoms with Crippen molar-refractivity contribution in [1.82, 2.24) is 4.90 Å². The molecule has 0 aliphatic heterocycles. The molecule has 11 heavy (non-hydrogen) atoms. The highest BCUT2D eigenvalue weighted by molar-refractivity contribution is 6.64. The first-order valence-electron chi connectivity index (χ1n) is 3.67. The van der Waals surface area contributed by atoms with Crippen LogP contribution in [0.15, 0.2) is 0 Å². The molecule has 0 spiro atoms. The molecule has 0 aromatic rings. The smallest absolute Gasteiger partial charge is 0.257 e. The Balaban J connectivity index is 3.71. The molecule has 0 fully saturated rings. The Morgan fingerprint density at radius 2 is 2.00 bits per heavy atom. The van der Waals surface area contributed by atoms with Gasteiger partial charge in [0.1, 0.15) is 0 Å². The van der Waals surface area contributed by atoms with Gasteiger partial charge in [-0.2, -0.15) is 0 Å². The summed E-state index contributed by atoms with van der Waals surface area (Å²) in [5, 5.41) is -0.906. The van der Waals surface area contributed by atoms with E-state index in [9.17, 15) is 9.18 Å². The molecule has 0 saturated carbocycles. The molecule has 4 heteroatoms. The first-order valence-corrected chi connectivity index (χ1v) is 4.05. The lowest BCUT2D eigenvalue weighted by atomic mass is 10.3. The fourth-order valence-electron chi connectivity index (χ4n) is 0.780. The second kappa shape index (κ2) is 5.49. The summed E-state index contributed by atoms with van der Waals surface area (Å²) >= 11 is 4.95. The van der Waals surface area contributed by atoms with Crippen molar-refractivity contribution in [3.8, 4) is 0 Å². The molecule has 0 N–H and O–H groups in total. The zero-order valence-electron chi connectivity index (χ0n) is 6.81. The Morgan fingerprint density at radius 1 is 1.55 bits per heavy atom. The number of nitrogens with zero attached hydrogens (tertiary/aromatic N) is 1. The molecular weight excluding hydrogens is 169 g/mol. The minimum Gasteiger partial charge on any atom is -0.300 e. The van der Waals surface area contributed by atoms with Crippen LogP contribution in [0.2, 0.25) is 0 Å². The molecular formula is C7H13ClFNO. The maximum atomic E-state index is 12.6. The van der Waals surface area contributed by atoms with Gasteiger partial charge in [0.2, 0.25) is 0 Å². The van der Waals surface area contributed by atoms with Gasteiger partial charge < -0.3 is 4.90 Å². The highest BCUT2D eigenvalue weighted by atomic mass is 35.5. The predicted octanol–water partition coefficient (Wildman–Crippen LogP) is 1.43. The highest BCUT2D eigenvalue weighted by Crippen LogP contribution is 2.00. The van der Waals surface area contributed by atoms with Crippen LogP contribution in [0.5, 0.6) is 0 Å². The van der Waals surface area contributed by atoms with Crippen LogP contribution in [0.1, 0.15) is 13.8 Å². The molecule has 0 saturated heterocycles. The third-order valence-electron chi connectivity index (χ3n) is 1.56. The van der Waals surface area contributed by atoms with Crippen molar-refractivity contribution < 1.29 is 9.18 Å². The van der Waals surface area contributed by atoms with Crippen LogP contribution in [-0.4, -0.2) is 35.9 Å². The zero-order valence-corrected chi connectivity index (χ0v) is 7.57. The number of rotatable bonds is 5. The molecule has 1 atom stereocenters. The average Bonchev–Trinajstić information content (AvgIpc) is 1.99. The fourth-order valence-corrected chi connectivity index (χ4v) is 0.849. The van der Waals surface area contributed by atoms with Crippen LogP contribution < -0.4 is 0 Å². The first kappa shape index (κ1) is 10.8. The third-order valence-corrected chi connectivity index (χ3v) is 1.80. The van der Waals surface area contributed by atoms with Gasteiger partial charge in [-0.3, -0.25) is 4.79 Å². The van der Waals surface area contributed by atoms with E-state index in [1.54, 1.807) is 0 Å². The van der Waals surface area contributed by atoms with Crippen LogP contribution in [0.25, 0.3) is 0 Å². The number of alkyl halides is 1. The Labute approximate surface area is 71.3 Å². The van der Waals surface area contributed by atoms with Crippen molar-refractivity contribution in [2.75, 3.05) is 19.6 Å². The summed E-state index contributed by atoms with van der Waals surface area (Å²) in [7, 11) is 0. The van der Waals surface area contributed by atoms with E-state index in [-0.39, 0.29) is 6.54 Å². The van der Waals surface area contributed by atoms with Gasteiger partial charge in [-0.15, -0.1) is 0 Å². The topological polar surface area (TPSA) is 20.3 Å². The average molecular weight is 182 g/mol. The number of carbonyl (C=O) groups excluding carboxylic acids is 1. The lowest BCUT2D eigenvalue weighted by molar-refractivity contribution is -0.116. The first-order chi connectivity index (χ1) is 5.11. The zero-order chi connectivity index (χ0) is 8.85. The molecule has 0 unspecified atom stereocenters. The van der Waals surface area contributed by atoms with E-state index in [1.807, 2.05) is 18.7 Å². The summed E-state index contributed by atoms with van der Waals surface area (Å²) in [6.07, 6.45) is -1.54. The quantitative estimate of drug-likeness (QED) is 0.599. The van der Waals surface area contributed by atoms with Crippen LogP contribution in [0.4, 0.5) is 4.39 Å². The SMILES string of the molecule is CCN(CC)C[C@@H](F)C(=O)Cl. The fraction of sp³-hybridized carbons (Fsp3) is 0.857. The van der Waals surface area contributed by atoms with E-state index in [0.29, 0.717) is 0 Å². The molecule has 0 amide bonds. The van der Waals surface area contributed by atoms with E-state index in [2.05, 4.69) is 0 Å². The lowest BCUT2D eigenvalue weighted by Gasteiger charge is -2.18. The Kier molecular flexibility index (Phi) is 5.42. The lowest BCUT2D eigenvalue weighted by Crippen LogP contribution is -2.32. The molecule has 0 bridgehead atoms. The monoisotopic (exact) mass is 181 g/mol. The second-order valence-electron chi connectivity index (χ2n) is 2.26. The molecule has 0 aromatic carbocycles. The molecule has 2 nitrogen and oxygen atoms in total. The van der Waals surface area contributed by atoms with Gasteiger partial charge in [0.05, 0.1) is 0 Å². The van der Waals surface area contributed by atoms with E-state index >= 15 is 0 Å². The summed E-state index contributed by atoms with van der Waals surface area (Å²) in [5.41, 5.74) is 0. The second-order valence-corrected chi connectivity index (χ2v) is 2.63. The van der Waals surface area contributed by atoms with Crippen LogP contribution in [-0.2, 0) is 4.79 Å². The van der Waals surface area contributed by atoms with Gasteiger partial charge in [-0.05, 0) is 24.7 Å². The summed E-state index contributed by atoms with van der Waals surface area (Å²) < 4.78 is 12.6. The minimum atomic E-state index is -1.54. The normalized spacial score (nSPS) is 13.5. The van der Waals surface area contributed by atoms with Crippen LogP contribution >= 0.6 is 11.6 Å². The number of hydrogen-bond donors (Lipinski definition) is 0. The van der Waals surface area contributed by atoms with Gasteiger partial charge in [0, 0.05) is 6.54 Å². The van der Waals surface area contributed by atoms with E-state index in [4.69, 9.17) is 11.6 Å². The van der Waals surface area contributed by atoms with Gasteiger partial charge in [0.25, 0.3) is 5.24 Å². The molecule has 66 valence electrons. The molecule has 0 radical (unpaired) electrons. The van der Waals surface area contributed by atoms with E-state index in [0.717, 1.165) is 13.1 Å². The minimum absolute atomic E-state index is 0.106. The van der Waals surface area contributed by atoms with Crippen LogP contribution in [0.3, 0.4) is 0 Å². The van der Waals surface area contributed by atoms with Gasteiger partial charge in [-0.25, -0.2) is 4.39 Å². The molecule has 0 aliphatic rings. The molecule has 0 heterocycles. The molecule has 0 aliphatic carbocycles.